The zero-order valence-electron chi connectivity index (χ0n) is 6.62. The summed E-state index contributed by atoms with van der Waals surface area (Å²) in [6.45, 7) is 0. The molecule has 0 fully saturated rings. The van der Waals surface area contributed by atoms with Gasteiger partial charge in [0.1, 0.15) is 0 Å². The van der Waals surface area contributed by atoms with Crippen molar-refractivity contribution in [2.24, 2.45) is 5.14 Å². The Bertz CT molecular complexity index is 449. The first-order chi connectivity index (χ1) is 6.32. The summed E-state index contributed by atoms with van der Waals surface area (Å²) in [5, 5.41) is 3.77. The summed E-state index contributed by atoms with van der Waals surface area (Å²) < 4.78 is 46.0. The quantitative estimate of drug-likeness (QED) is 0.850. The van der Waals surface area contributed by atoms with Crippen LogP contribution in [0.25, 0.3) is 0 Å². The summed E-state index contributed by atoms with van der Waals surface area (Å²) in [5.41, 5.74) is -0.606. The van der Waals surface area contributed by atoms with Gasteiger partial charge in [-0.3, -0.25) is 0 Å². The number of primary sulfonamides is 1. The van der Waals surface area contributed by atoms with Crippen molar-refractivity contribution in [1.82, 2.24) is 4.98 Å². The topological polar surface area (TPSA) is 73.1 Å². The Morgan fingerprint density at radius 1 is 1.50 bits per heavy atom. The van der Waals surface area contributed by atoms with E-state index < -0.39 is 27.0 Å². The van der Waals surface area contributed by atoms with Gasteiger partial charge in [-0.1, -0.05) is 11.6 Å². The van der Waals surface area contributed by atoms with Crippen molar-refractivity contribution >= 4 is 21.6 Å². The Kier molecular flexibility index (Phi) is 3.03. The lowest BCUT2D eigenvalue weighted by molar-refractivity contribution is 0.151. The molecule has 0 saturated carbocycles. The van der Waals surface area contributed by atoms with Gasteiger partial charge in [0.05, 0.1) is 5.02 Å². The maximum absolute atomic E-state index is 12.2. The normalized spacial score (nSPS) is 12.1. The molecule has 0 radical (unpaired) electrons. The molecule has 0 atom stereocenters. The average Bonchev–Trinajstić information content (AvgIpc) is 2.02. The van der Waals surface area contributed by atoms with Crippen LogP contribution in [-0.2, 0) is 10.0 Å². The van der Waals surface area contributed by atoms with Crippen LogP contribution in [0.2, 0.25) is 5.02 Å². The lowest BCUT2D eigenvalue weighted by atomic mass is 10.3. The molecular weight excluding hydrogens is 238 g/mol. The molecule has 1 aromatic heterocycles. The Morgan fingerprint density at radius 2 is 2.07 bits per heavy atom. The van der Waals surface area contributed by atoms with Crippen molar-refractivity contribution in [2.75, 3.05) is 0 Å². The van der Waals surface area contributed by atoms with E-state index in [1.807, 2.05) is 0 Å². The first kappa shape index (κ1) is 11.3. The Labute approximate surface area is 83.8 Å². The van der Waals surface area contributed by atoms with E-state index in [-0.39, 0.29) is 5.02 Å². The van der Waals surface area contributed by atoms with E-state index in [9.17, 15) is 17.2 Å². The smallest absolute Gasteiger partial charge is 0.242 e. The minimum atomic E-state index is -4.08. The molecule has 1 heterocycles. The maximum atomic E-state index is 12.2. The van der Waals surface area contributed by atoms with Gasteiger partial charge >= 0.3 is 0 Å². The van der Waals surface area contributed by atoms with Gasteiger partial charge in [0.25, 0.3) is 16.4 Å². The van der Waals surface area contributed by atoms with Crippen LogP contribution >= 0.6 is 11.6 Å². The monoisotopic (exact) mass is 242 g/mol. The fourth-order valence-corrected chi connectivity index (χ4v) is 1.43. The summed E-state index contributed by atoms with van der Waals surface area (Å²) in [7, 11) is -4.08. The summed E-state index contributed by atoms with van der Waals surface area (Å²) >= 11 is 5.36. The minimum absolute atomic E-state index is 0.299. The average molecular weight is 243 g/mol. The number of sulfonamides is 1. The van der Waals surface area contributed by atoms with E-state index in [4.69, 9.17) is 16.7 Å². The van der Waals surface area contributed by atoms with Gasteiger partial charge < -0.3 is 0 Å². The molecule has 8 heteroatoms. The summed E-state index contributed by atoms with van der Waals surface area (Å²) in [5.74, 6) is 0. The van der Waals surface area contributed by atoms with Crippen LogP contribution in [-0.4, -0.2) is 13.4 Å². The molecule has 0 aromatic carbocycles. The van der Waals surface area contributed by atoms with Crippen molar-refractivity contribution in [2.45, 2.75) is 11.5 Å². The third-order valence-electron chi connectivity index (χ3n) is 1.39. The second-order valence-corrected chi connectivity index (χ2v) is 4.31. The van der Waals surface area contributed by atoms with E-state index >= 15 is 0 Å². The van der Waals surface area contributed by atoms with Crippen molar-refractivity contribution < 1.29 is 17.2 Å². The van der Waals surface area contributed by atoms with Crippen LogP contribution in [0.3, 0.4) is 0 Å². The fourth-order valence-electron chi connectivity index (χ4n) is 0.757. The number of halogens is 3. The zero-order valence-corrected chi connectivity index (χ0v) is 8.19. The molecule has 2 N–H and O–H groups in total. The first-order valence-electron chi connectivity index (χ1n) is 3.29. The second kappa shape index (κ2) is 3.76. The van der Waals surface area contributed by atoms with Gasteiger partial charge in [0, 0.05) is 11.8 Å². The van der Waals surface area contributed by atoms with E-state index in [1.165, 1.54) is 0 Å². The van der Waals surface area contributed by atoms with Gasteiger partial charge in [-0.2, -0.15) is 0 Å². The molecule has 0 saturated heterocycles. The highest BCUT2D eigenvalue weighted by Gasteiger charge is 2.17. The minimum Gasteiger partial charge on any atom is -0.242 e. The molecule has 0 unspecified atom stereocenters. The van der Waals surface area contributed by atoms with Gasteiger partial charge in [-0.25, -0.2) is 27.3 Å². The molecule has 0 bridgehead atoms. The number of rotatable bonds is 2. The van der Waals surface area contributed by atoms with Gasteiger partial charge in [0.2, 0.25) is 0 Å². The molecule has 0 amide bonds. The number of hydrogen-bond acceptors (Lipinski definition) is 3. The summed E-state index contributed by atoms with van der Waals surface area (Å²) in [4.78, 5) is 3.31. The molecule has 0 aliphatic heterocycles. The van der Waals surface area contributed by atoms with Crippen molar-refractivity contribution in [3.05, 3.63) is 22.8 Å². The van der Waals surface area contributed by atoms with Gasteiger partial charge in [-0.05, 0) is 6.07 Å². The highest BCUT2D eigenvalue weighted by atomic mass is 35.5. The number of pyridine rings is 1. The van der Waals surface area contributed by atoms with E-state index in [0.29, 0.717) is 6.07 Å². The molecular formula is C6H5ClF2N2O2S. The standard InChI is InChI=1S/C6H5ClF2N2O2S/c7-4-2-11-5(14(10,12)13)1-3(4)6(8)9/h1-2,6H,(H2,10,12,13). The molecule has 78 valence electrons. The SMILES string of the molecule is NS(=O)(=O)c1cc(C(F)F)c(Cl)cn1. The Balaban J connectivity index is 3.34. The molecule has 4 nitrogen and oxygen atoms in total. The van der Waals surface area contributed by atoms with E-state index in [2.05, 4.69) is 4.98 Å². The lowest BCUT2D eigenvalue weighted by Crippen LogP contribution is -2.14. The van der Waals surface area contributed by atoms with Crippen LogP contribution in [0.1, 0.15) is 12.0 Å². The number of aromatic nitrogens is 1. The Morgan fingerprint density at radius 3 is 2.50 bits per heavy atom. The second-order valence-electron chi connectivity index (χ2n) is 2.39. The predicted molar refractivity (Wildman–Crippen MR) is 45.6 cm³/mol. The zero-order chi connectivity index (χ0) is 10.9. The highest BCUT2D eigenvalue weighted by molar-refractivity contribution is 7.89. The Hall–Kier alpha value is -0.790. The van der Waals surface area contributed by atoms with Crippen molar-refractivity contribution in [1.29, 1.82) is 0 Å². The predicted octanol–water partition coefficient (Wildman–Crippen LogP) is 1.32. The third kappa shape index (κ3) is 2.37. The molecule has 1 rings (SSSR count). The summed E-state index contributed by atoms with van der Waals surface area (Å²) in [6.07, 6.45) is -2.05. The third-order valence-corrected chi connectivity index (χ3v) is 2.51. The van der Waals surface area contributed by atoms with Crippen LogP contribution in [0.4, 0.5) is 8.78 Å². The molecule has 0 aliphatic carbocycles. The van der Waals surface area contributed by atoms with Gasteiger partial charge in [0.15, 0.2) is 5.03 Å². The van der Waals surface area contributed by atoms with E-state index in [0.717, 1.165) is 6.20 Å². The number of nitrogens with two attached hydrogens (primary N) is 1. The van der Waals surface area contributed by atoms with Crippen LogP contribution in [0.5, 0.6) is 0 Å². The van der Waals surface area contributed by atoms with Gasteiger partial charge in [-0.15, -0.1) is 0 Å². The number of hydrogen-bond donors (Lipinski definition) is 1. The van der Waals surface area contributed by atoms with Crippen LogP contribution in [0, 0.1) is 0 Å². The molecule has 14 heavy (non-hydrogen) atoms. The fraction of sp³-hybridized carbons (Fsp3) is 0.167. The largest absolute Gasteiger partial charge is 0.265 e. The highest BCUT2D eigenvalue weighted by Crippen LogP contribution is 2.27. The molecule has 0 spiro atoms. The van der Waals surface area contributed by atoms with Crippen molar-refractivity contribution in [3.63, 3.8) is 0 Å². The van der Waals surface area contributed by atoms with E-state index in [1.54, 1.807) is 0 Å². The number of alkyl halides is 2. The lowest BCUT2D eigenvalue weighted by Gasteiger charge is -2.03. The maximum Gasteiger partial charge on any atom is 0.265 e. The summed E-state index contributed by atoms with van der Waals surface area (Å²) in [6, 6.07) is 0.655. The molecule has 0 aliphatic rings. The molecule has 1 aromatic rings. The van der Waals surface area contributed by atoms with Crippen molar-refractivity contribution in [3.8, 4) is 0 Å². The van der Waals surface area contributed by atoms with Crippen LogP contribution < -0.4 is 5.14 Å². The van der Waals surface area contributed by atoms with Crippen LogP contribution in [0.15, 0.2) is 17.3 Å². The first-order valence-corrected chi connectivity index (χ1v) is 5.21. The number of nitrogens with zero attached hydrogens (tertiary/aromatic N) is 1.